The SMILES string of the molecule is CC(C)OC(=O)NC(=O)c1ccc(F)c(F)c1. The Morgan fingerprint density at radius 3 is 2.41 bits per heavy atom. The highest BCUT2D eigenvalue weighted by atomic mass is 19.2. The van der Waals surface area contributed by atoms with Crippen LogP contribution in [0.25, 0.3) is 0 Å². The molecule has 0 unspecified atom stereocenters. The van der Waals surface area contributed by atoms with Crippen LogP contribution in [0, 0.1) is 11.6 Å². The number of hydrogen-bond donors (Lipinski definition) is 1. The number of imide groups is 1. The zero-order valence-electron chi connectivity index (χ0n) is 9.29. The van der Waals surface area contributed by atoms with E-state index in [0.29, 0.717) is 6.07 Å². The molecule has 0 fully saturated rings. The second-order valence-electron chi connectivity index (χ2n) is 3.54. The highest BCUT2D eigenvalue weighted by Gasteiger charge is 2.14. The molecular formula is C11H11F2NO3. The Kier molecular flexibility index (Phi) is 4.14. The van der Waals surface area contributed by atoms with Crippen LogP contribution in [0.2, 0.25) is 0 Å². The third-order valence-electron chi connectivity index (χ3n) is 1.74. The van der Waals surface area contributed by atoms with Crippen LogP contribution in [-0.2, 0) is 4.74 Å². The van der Waals surface area contributed by atoms with Gasteiger partial charge in [-0.25, -0.2) is 13.6 Å². The maximum Gasteiger partial charge on any atom is 0.414 e. The molecule has 0 saturated heterocycles. The number of carbonyl (C=O) groups excluding carboxylic acids is 2. The summed E-state index contributed by atoms with van der Waals surface area (Å²) in [5.41, 5.74) is -0.162. The van der Waals surface area contributed by atoms with E-state index < -0.39 is 23.6 Å². The number of amides is 2. The Bertz CT molecular complexity index is 446. The van der Waals surface area contributed by atoms with E-state index >= 15 is 0 Å². The highest BCUT2D eigenvalue weighted by Crippen LogP contribution is 2.08. The molecule has 0 saturated carbocycles. The van der Waals surface area contributed by atoms with Gasteiger partial charge < -0.3 is 4.74 Å². The third-order valence-corrected chi connectivity index (χ3v) is 1.74. The fourth-order valence-electron chi connectivity index (χ4n) is 1.05. The van der Waals surface area contributed by atoms with Gasteiger partial charge in [-0.1, -0.05) is 0 Å². The molecule has 0 spiro atoms. The van der Waals surface area contributed by atoms with Crippen molar-refractivity contribution in [1.82, 2.24) is 5.32 Å². The maximum absolute atomic E-state index is 12.8. The normalized spacial score (nSPS) is 10.2. The van der Waals surface area contributed by atoms with Crippen LogP contribution < -0.4 is 5.32 Å². The van der Waals surface area contributed by atoms with Crippen LogP contribution in [0.15, 0.2) is 18.2 Å². The van der Waals surface area contributed by atoms with Crippen molar-refractivity contribution in [3.8, 4) is 0 Å². The minimum absolute atomic E-state index is 0.162. The average Bonchev–Trinajstić information content (AvgIpc) is 2.20. The van der Waals surface area contributed by atoms with Gasteiger partial charge in [0.05, 0.1) is 6.10 Å². The minimum Gasteiger partial charge on any atom is -0.447 e. The Balaban J connectivity index is 2.70. The lowest BCUT2D eigenvalue weighted by Crippen LogP contribution is -2.32. The van der Waals surface area contributed by atoms with E-state index in [0.717, 1.165) is 12.1 Å². The first-order valence-corrected chi connectivity index (χ1v) is 4.87. The van der Waals surface area contributed by atoms with Crippen molar-refractivity contribution in [2.24, 2.45) is 0 Å². The van der Waals surface area contributed by atoms with E-state index in [1.807, 2.05) is 5.32 Å². The minimum atomic E-state index is -1.16. The van der Waals surface area contributed by atoms with Crippen molar-refractivity contribution in [2.75, 3.05) is 0 Å². The topological polar surface area (TPSA) is 55.4 Å². The number of ether oxygens (including phenoxy) is 1. The van der Waals surface area contributed by atoms with Crippen molar-refractivity contribution in [1.29, 1.82) is 0 Å². The molecule has 0 radical (unpaired) electrons. The van der Waals surface area contributed by atoms with Crippen molar-refractivity contribution in [3.05, 3.63) is 35.4 Å². The largest absolute Gasteiger partial charge is 0.447 e. The number of alkyl carbamates (subject to hydrolysis) is 1. The molecule has 0 aliphatic rings. The summed E-state index contributed by atoms with van der Waals surface area (Å²) >= 11 is 0. The van der Waals surface area contributed by atoms with E-state index in [4.69, 9.17) is 0 Å². The van der Waals surface area contributed by atoms with Crippen LogP contribution in [0.4, 0.5) is 13.6 Å². The van der Waals surface area contributed by atoms with Gasteiger partial charge in [0.15, 0.2) is 11.6 Å². The molecular weight excluding hydrogens is 232 g/mol. The number of hydrogen-bond acceptors (Lipinski definition) is 3. The molecule has 0 aliphatic heterocycles. The molecule has 6 heteroatoms. The fourth-order valence-corrected chi connectivity index (χ4v) is 1.05. The predicted molar refractivity (Wildman–Crippen MR) is 55.4 cm³/mol. The number of benzene rings is 1. The molecule has 2 amide bonds. The summed E-state index contributed by atoms with van der Waals surface area (Å²) in [6.07, 6.45) is -1.32. The Morgan fingerprint density at radius 2 is 1.88 bits per heavy atom. The number of halogens is 2. The molecule has 1 N–H and O–H groups in total. The van der Waals surface area contributed by atoms with Crippen molar-refractivity contribution in [3.63, 3.8) is 0 Å². The van der Waals surface area contributed by atoms with E-state index in [9.17, 15) is 18.4 Å². The van der Waals surface area contributed by atoms with E-state index in [1.165, 1.54) is 0 Å². The monoisotopic (exact) mass is 243 g/mol. The molecule has 0 atom stereocenters. The van der Waals surface area contributed by atoms with E-state index in [2.05, 4.69) is 4.74 Å². The van der Waals surface area contributed by atoms with Crippen LogP contribution in [0.3, 0.4) is 0 Å². The van der Waals surface area contributed by atoms with Gasteiger partial charge in [-0.3, -0.25) is 10.1 Å². The van der Waals surface area contributed by atoms with Crippen LogP contribution in [0.5, 0.6) is 0 Å². The first kappa shape index (κ1) is 13.1. The van der Waals surface area contributed by atoms with Gasteiger partial charge in [0.25, 0.3) is 5.91 Å². The van der Waals surface area contributed by atoms with Gasteiger partial charge >= 0.3 is 6.09 Å². The summed E-state index contributed by atoms with van der Waals surface area (Å²) in [7, 11) is 0. The van der Waals surface area contributed by atoms with Gasteiger partial charge in [-0.2, -0.15) is 0 Å². The summed E-state index contributed by atoms with van der Waals surface area (Å²) in [6.45, 7) is 3.23. The lowest BCUT2D eigenvalue weighted by atomic mass is 10.2. The van der Waals surface area contributed by atoms with Gasteiger partial charge in [-0.15, -0.1) is 0 Å². The summed E-state index contributed by atoms with van der Waals surface area (Å²) in [5, 5.41) is 1.89. The first-order chi connectivity index (χ1) is 7.90. The molecule has 92 valence electrons. The molecule has 0 aliphatic carbocycles. The number of carbonyl (C=O) groups is 2. The number of rotatable bonds is 2. The third kappa shape index (κ3) is 3.82. The van der Waals surface area contributed by atoms with Gasteiger partial charge in [0.1, 0.15) is 0 Å². The zero-order valence-corrected chi connectivity index (χ0v) is 9.29. The molecule has 1 aromatic rings. The second-order valence-corrected chi connectivity index (χ2v) is 3.54. The van der Waals surface area contributed by atoms with Gasteiger partial charge in [0.2, 0.25) is 0 Å². The summed E-state index contributed by atoms with van der Waals surface area (Å²) in [4.78, 5) is 22.5. The van der Waals surface area contributed by atoms with Crippen LogP contribution >= 0.6 is 0 Å². The van der Waals surface area contributed by atoms with E-state index in [-0.39, 0.29) is 11.7 Å². The van der Waals surface area contributed by atoms with Gasteiger partial charge in [0, 0.05) is 5.56 Å². The fraction of sp³-hybridized carbons (Fsp3) is 0.273. The van der Waals surface area contributed by atoms with Crippen LogP contribution in [-0.4, -0.2) is 18.1 Å². The first-order valence-electron chi connectivity index (χ1n) is 4.87. The van der Waals surface area contributed by atoms with Crippen molar-refractivity contribution >= 4 is 12.0 Å². The Hall–Kier alpha value is -1.98. The molecule has 4 nitrogen and oxygen atoms in total. The van der Waals surface area contributed by atoms with Gasteiger partial charge in [-0.05, 0) is 32.0 Å². The molecule has 0 aromatic heterocycles. The highest BCUT2D eigenvalue weighted by molar-refractivity contribution is 6.02. The van der Waals surface area contributed by atoms with E-state index in [1.54, 1.807) is 13.8 Å². The summed E-state index contributed by atoms with van der Waals surface area (Å²) < 4.78 is 30.1. The molecule has 1 rings (SSSR count). The second kappa shape index (κ2) is 5.38. The van der Waals surface area contributed by atoms with Crippen LogP contribution in [0.1, 0.15) is 24.2 Å². The predicted octanol–water partition coefficient (Wildman–Crippen LogP) is 2.24. The van der Waals surface area contributed by atoms with Crippen molar-refractivity contribution in [2.45, 2.75) is 20.0 Å². The smallest absolute Gasteiger partial charge is 0.414 e. The quantitative estimate of drug-likeness (QED) is 0.866. The molecule has 0 bridgehead atoms. The Morgan fingerprint density at radius 1 is 1.24 bits per heavy atom. The lowest BCUT2D eigenvalue weighted by molar-refractivity contribution is 0.0876. The molecule has 17 heavy (non-hydrogen) atoms. The zero-order chi connectivity index (χ0) is 13.0. The summed E-state index contributed by atoms with van der Waals surface area (Å²) in [5.74, 6) is -3.07. The Labute approximate surface area is 96.6 Å². The number of nitrogens with one attached hydrogen (secondary N) is 1. The lowest BCUT2D eigenvalue weighted by Gasteiger charge is -2.08. The summed E-state index contributed by atoms with van der Waals surface area (Å²) in [6, 6.07) is 2.57. The maximum atomic E-state index is 12.8. The molecule has 1 aromatic carbocycles. The standard InChI is InChI=1S/C11H11F2NO3/c1-6(2)17-11(16)14-10(15)7-3-4-8(12)9(13)5-7/h3-6H,1-2H3,(H,14,15,16). The average molecular weight is 243 g/mol. The molecule has 0 heterocycles. The van der Waals surface area contributed by atoms with Crippen molar-refractivity contribution < 1.29 is 23.1 Å².